The molecule has 1 unspecified atom stereocenters. The molecule has 30 heavy (non-hydrogen) atoms. The molecule has 0 radical (unpaired) electrons. The van der Waals surface area contributed by atoms with Crippen LogP contribution in [0.2, 0.25) is 0 Å². The van der Waals surface area contributed by atoms with E-state index in [4.69, 9.17) is 4.42 Å². The Balaban J connectivity index is 1.45. The lowest BCUT2D eigenvalue weighted by molar-refractivity contribution is -0.130. The number of rotatable bonds is 6. The first kappa shape index (κ1) is 21.0. The molecular formula is C21H29N5O3S. The van der Waals surface area contributed by atoms with Gasteiger partial charge in [0, 0.05) is 32.1 Å². The highest BCUT2D eigenvalue weighted by atomic mass is 32.2. The Bertz CT molecular complexity index is 860. The standard InChI is InChI=1S/C21H29N5O3S/c1-15(27)22-16-7-5-11-25(13-16)19(28)14-30-21-24-23-20(18-10-6-12-29-18)26(21)17-8-3-2-4-9-17/h6,10,12,16-17H,2-5,7-9,11,13-14H2,1H3,(H,22,27). The Morgan fingerprint density at radius 2 is 2.03 bits per heavy atom. The second-order valence-electron chi connectivity index (χ2n) is 8.11. The van der Waals surface area contributed by atoms with Crippen LogP contribution in [0.4, 0.5) is 0 Å². The molecule has 0 spiro atoms. The summed E-state index contributed by atoms with van der Waals surface area (Å²) in [7, 11) is 0. The van der Waals surface area contributed by atoms with Gasteiger partial charge in [0.2, 0.25) is 17.6 Å². The fourth-order valence-electron chi connectivity index (χ4n) is 4.44. The first-order chi connectivity index (χ1) is 14.6. The van der Waals surface area contributed by atoms with E-state index < -0.39 is 0 Å². The van der Waals surface area contributed by atoms with E-state index in [0.29, 0.717) is 24.1 Å². The van der Waals surface area contributed by atoms with Crippen LogP contribution in [0.5, 0.6) is 0 Å². The zero-order valence-electron chi connectivity index (χ0n) is 17.4. The summed E-state index contributed by atoms with van der Waals surface area (Å²) in [4.78, 5) is 26.0. The van der Waals surface area contributed by atoms with Gasteiger partial charge in [-0.05, 0) is 37.8 Å². The zero-order valence-corrected chi connectivity index (χ0v) is 18.2. The fourth-order valence-corrected chi connectivity index (χ4v) is 5.35. The lowest BCUT2D eigenvalue weighted by Crippen LogP contribution is -2.49. The molecule has 9 heteroatoms. The van der Waals surface area contributed by atoms with Crippen molar-refractivity contribution in [2.24, 2.45) is 0 Å². The lowest BCUT2D eigenvalue weighted by atomic mass is 9.95. The van der Waals surface area contributed by atoms with Gasteiger partial charge in [0.25, 0.3) is 0 Å². The molecule has 2 fully saturated rings. The first-order valence-corrected chi connectivity index (χ1v) is 11.8. The monoisotopic (exact) mass is 431 g/mol. The van der Waals surface area contributed by atoms with Gasteiger partial charge < -0.3 is 14.6 Å². The van der Waals surface area contributed by atoms with E-state index in [1.54, 1.807) is 6.26 Å². The van der Waals surface area contributed by atoms with Gasteiger partial charge in [0.1, 0.15) is 0 Å². The van der Waals surface area contributed by atoms with Crippen LogP contribution in [0.3, 0.4) is 0 Å². The maximum absolute atomic E-state index is 12.8. The minimum Gasteiger partial charge on any atom is -0.461 e. The molecule has 8 nitrogen and oxygen atoms in total. The van der Waals surface area contributed by atoms with Crippen molar-refractivity contribution in [1.29, 1.82) is 0 Å². The van der Waals surface area contributed by atoms with Crippen LogP contribution in [0.15, 0.2) is 28.0 Å². The maximum atomic E-state index is 12.8. The average molecular weight is 432 g/mol. The summed E-state index contributed by atoms with van der Waals surface area (Å²) in [5.74, 6) is 1.80. The molecule has 4 rings (SSSR count). The van der Waals surface area contributed by atoms with E-state index in [2.05, 4.69) is 20.1 Å². The third-order valence-electron chi connectivity index (χ3n) is 5.85. The van der Waals surface area contributed by atoms with Crippen LogP contribution in [0, 0.1) is 0 Å². The molecule has 1 aliphatic heterocycles. The van der Waals surface area contributed by atoms with E-state index in [1.807, 2.05) is 17.0 Å². The molecule has 0 aromatic carbocycles. The van der Waals surface area contributed by atoms with Crippen molar-refractivity contribution in [3.05, 3.63) is 18.4 Å². The second-order valence-corrected chi connectivity index (χ2v) is 9.06. The van der Waals surface area contributed by atoms with Gasteiger partial charge in [-0.2, -0.15) is 0 Å². The minimum absolute atomic E-state index is 0.0432. The molecule has 0 bridgehead atoms. The predicted molar refractivity (Wildman–Crippen MR) is 114 cm³/mol. The van der Waals surface area contributed by atoms with Crippen LogP contribution in [-0.2, 0) is 9.59 Å². The summed E-state index contributed by atoms with van der Waals surface area (Å²) < 4.78 is 7.76. The van der Waals surface area contributed by atoms with Crippen molar-refractivity contribution in [3.8, 4) is 11.6 Å². The Morgan fingerprint density at radius 1 is 1.20 bits per heavy atom. The van der Waals surface area contributed by atoms with Gasteiger partial charge in [-0.15, -0.1) is 10.2 Å². The fraction of sp³-hybridized carbons (Fsp3) is 0.619. The van der Waals surface area contributed by atoms with Gasteiger partial charge >= 0.3 is 0 Å². The Labute approximate surface area is 180 Å². The number of hydrogen-bond acceptors (Lipinski definition) is 6. The molecular weight excluding hydrogens is 402 g/mol. The van der Waals surface area contributed by atoms with Crippen molar-refractivity contribution in [2.75, 3.05) is 18.8 Å². The van der Waals surface area contributed by atoms with Crippen LogP contribution in [0.1, 0.15) is 57.9 Å². The molecule has 1 atom stereocenters. The van der Waals surface area contributed by atoms with E-state index in [0.717, 1.165) is 43.2 Å². The van der Waals surface area contributed by atoms with Crippen LogP contribution in [-0.4, -0.2) is 56.4 Å². The SMILES string of the molecule is CC(=O)NC1CCCN(C(=O)CSc2nnc(-c3ccco3)n2C2CCCCC2)C1. The van der Waals surface area contributed by atoms with Gasteiger partial charge in [-0.25, -0.2) is 0 Å². The van der Waals surface area contributed by atoms with Crippen molar-refractivity contribution in [3.63, 3.8) is 0 Å². The smallest absolute Gasteiger partial charge is 0.233 e. The molecule has 162 valence electrons. The maximum Gasteiger partial charge on any atom is 0.233 e. The number of amides is 2. The van der Waals surface area contributed by atoms with Gasteiger partial charge in [-0.1, -0.05) is 31.0 Å². The summed E-state index contributed by atoms with van der Waals surface area (Å²) in [6, 6.07) is 4.14. The molecule has 1 aliphatic carbocycles. The van der Waals surface area contributed by atoms with Crippen molar-refractivity contribution >= 4 is 23.6 Å². The van der Waals surface area contributed by atoms with Crippen molar-refractivity contribution in [1.82, 2.24) is 25.0 Å². The highest BCUT2D eigenvalue weighted by Gasteiger charge is 2.27. The summed E-state index contributed by atoms with van der Waals surface area (Å²) >= 11 is 1.44. The van der Waals surface area contributed by atoms with Crippen LogP contribution < -0.4 is 5.32 Å². The average Bonchev–Trinajstić information content (AvgIpc) is 3.42. The Morgan fingerprint density at radius 3 is 2.77 bits per heavy atom. The number of piperidine rings is 1. The van der Waals surface area contributed by atoms with Gasteiger partial charge in [-0.3, -0.25) is 14.2 Å². The number of nitrogens with zero attached hydrogens (tertiary/aromatic N) is 4. The Kier molecular flexibility index (Phi) is 6.76. The van der Waals surface area contributed by atoms with E-state index >= 15 is 0 Å². The molecule has 2 aromatic heterocycles. The summed E-state index contributed by atoms with van der Waals surface area (Å²) in [5.41, 5.74) is 0. The number of carbonyl (C=O) groups excluding carboxylic acids is 2. The number of carbonyl (C=O) groups is 2. The summed E-state index contributed by atoms with van der Waals surface area (Å²) in [6.07, 6.45) is 9.31. The number of hydrogen-bond donors (Lipinski definition) is 1. The number of nitrogens with one attached hydrogen (secondary N) is 1. The van der Waals surface area contributed by atoms with Gasteiger partial charge in [0.05, 0.1) is 12.0 Å². The predicted octanol–water partition coefficient (Wildman–Crippen LogP) is 3.26. The van der Waals surface area contributed by atoms with E-state index in [9.17, 15) is 9.59 Å². The Hall–Kier alpha value is -2.29. The van der Waals surface area contributed by atoms with Crippen molar-refractivity contribution in [2.45, 2.75) is 69.1 Å². The highest BCUT2D eigenvalue weighted by Crippen LogP contribution is 2.35. The van der Waals surface area contributed by atoms with Crippen LogP contribution >= 0.6 is 11.8 Å². The molecule has 2 aromatic rings. The quantitative estimate of drug-likeness (QED) is 0.706. The highest BCUT2D eigenvalue weighted by molar-refractivity contribution is 7.99. The molecule has 3 heterocycles. The molecule has 1 saturated heterocycles. The third-order valence-corrected chi connectivity index (χ3v) is 6.78. The zero-order chi connectivity index (χ0) is 20.9. The van der Waals surface area contributed by atoms with Gasteiger partial charge in [0.15, 0.2) is 10.9 Å². The molecule has 1 saturated carbocycles. The second kappa shape index (κ2) is 9.68. The topological polar surface area (TPSA) is 93.3 Å². The normalized spacial score (nSPS) is 20.3. The molecule has 2 amide bonds. The molecule has 2 aliphatic rings. The first-order valence-electron chi connectivity index (χ1n) is 10.8. The lowest BCUT2D eigenvalue weighted by Gasteiger charge is -2.33. The molecule has 1 N–H and O–H groups in total. The summed E-state index contributed by atoms with van der Waals surface area (Å²) in [5, 5.41) is 12.5. The van der Waals surface area contributed by atoms with E-state index in [-0.39, 0.29) is 17.9 Å². The number of furan rings is 1. The number of aromatic nitrogens is 3. The van der Waals surface area contributed by atoms with Crippen molar-refractivity contribution < 1.29 is 14.0 Å². The largest absolute Gasteiger partial charge is 0.461 e. The van der Waals surface area contributed by atoms with E-state index in [1.165, 1.54) is 37.9 Å². The number of likely N-dealkylation sites (tertiary alicyclic amines) is 1. The third kappa shape index (κ3) is 4.88. The van der Waals surface area contributed by atoms with Crippen LogP contribution in [0.25, 0.3) is 11.6 Å². The summed E-state index contributed by atoms with van der Waals surface area (Å²) in [6.45, 7) is 2.83. The minimum atomic E-state index is -0.0466. The number of thioether (sulfide) groups is 1.